The minimum absolute atomic E-state index is 0.0698. The molecule has 0 fully saturated rings. The standard InChI is InChI=1S/C15H14FNO2S/c1-20-12-8-6-11(7-9-12)17-15(18)10-19-14-5-3-2-4-13(14)16/h2-9H,10H2,1H3,(H,17,18). The number of hydrogen-bond donors (Lipinski definition) is 1. The highest BCUT2D eigenvalue weighted by atomic mass is 32.2. The Morgan fingerprint density at radius 3 is 2.55 bits per heavy atom. The van der Waals surface area contributed by atoms with Crippen molar-refractivity contribution in [3.63, 3.8) is 0 Å². The van der Waals surface area contributed by atoms with Crippen LogP contribution in [0.5, 0.6) is 5.75 Å². The normalized spacial score (nSPS) is 10.1. The quantitative estimate of drug-likeness (QED) is 0.856. The third-order valence-electron chi connectivity index (χ3n) is 2.57. The number of carbonyl (C=O) groups is 1. The zero-order chi connectivity index (χ0) is 14.4. The van der Waals surface area contributed by atoms with Crippen LogP contribution in [0.2, 0.25) is 0 Å². The van der Waals surface area contributed by atoms with Gasteiger partial charge in [-0.3, -0.25) is 4.79 Å². The maximum absolute atomic E-state index is 13.3. The van der Waals surface area contributed by atoms with Crippen LogP contribution in [0.1, 0.15) is 0 Å². The van der Waals surface area contributed by atoms with Crippen LogP contribution in [0.4, 0.5) is 10.1 Å². The Labute approximate surface area is 121 Å². The van der Waals surface area contributed by atoms with Gasteiger partial charge in [0.25, 0.3) is 5.91 Å². The van der Waals surface area contributed by atoms with Gasteiger partial charge in [0.2, 0.25) is 0 Å². The van der Waals surface area contributed by atoms with Gasteiger partial charge in [-0.1, -0.05) is 12.1 Å². The lowest BCUT2D eigenvalue weighted by Gasteiger charge is -2.08. The van der Waals surface area contributed by atoms with Crippen LogP contribution in [0.3, 0.4) is 0 Å². The van der Waals surface area contributed by atoms with E-state index in [1.807, 2.05) is 30.5 Å². The molecule has 1 N–H and O–H groups in total. The van der Waals surface area contributed by atoms with Crippen LogP contribution < -0.4 is 10.1 Å². The minimum atomic E-state index is -0.482. The lowest BCUT2D eigenvalue weighted by Crippen LogP contribution is -2.20. The molecule has 0 saturated carbocycles. The first-order valence-corrected chi connectivity index (χ1v) is 7.23. The number of nitrogens with one attached hydrogen (secondary N) is 1. The van der Waals surface area contributed by atoms with Crippen molar-refractivity contribution in [2.24, 2.45) is 0 Å². The van der Waals surface area contributed by atoms with E-state index in [9.17, 15) is 9.18 Å². The number of thioether (sulfide) groups is 1. The number of halogens is 1. The van der Waals surface area contributed by atoms with Crippen molar-refractivity contribution in [1.29, 1.82) is 0 Å². The fourth-order valence-corrected chi connectivity index (χ4v) is 1.98. The molecule has 104 valence electrons. The molecule has 0 bridgehead atoms. The molecule has 0 unspecified atom stereocenters. The van der Waals surface area contributed by atoms with Gasteiger partial charge in [0.15, 0.2) is 18.2 Å². The van der Waals surface area contributed by atoms with E-state index in [2.05, 4.69) is 5.32 Å². The highest BCUT2D eigenvalue weighted by Gasteiger charge is 2.06. The molecular formula is C15H14FNO2S. The number of hydrogen-bond acceptors (Lipinski definition) is 3. The van der Waals surface area contributed by atoms with Gasteiger partial charge in [-0.2, -0.15) is 0 Å². The van der Waals surface area contributed by atoms with Crippen molar-refractivity contribution in [2.45, 2.75) is 4.90 Å². The monoisotopic (exact) mass is 291 g/mol. The number of carbonyl (C=O) groups excluding carboxylic acids is 1. The van der Waals surface area contributed by atoms with Crippen molar-refractivity contribution in [1.82, 2.24) is 0 Å². The number of ether oxygens (including phenoxy) is 1. The van der Waals surface area contributed by atoms with Gasteiger partial charge in [-0.25, -0.2) is 4.39 Å². The molecule has 2 aromatic carbocycles. The molecule has 0 radical (unpaired) electrons. The molecule has 0 saturated heterocycles. The average molecular weight is 291 g/mol. The van der Waals surface area contributed by atoms with E-state index >= 15 is 0 Å². The molecule has 0 spiro atoms. The van der Waals surface area contributed by atoms with Gasteiger partial charge >= 0.3 is 0 Å². The summed E-state index contributed by atoms with van der Waals surface area (Å²) in [7, 11) is 0. The lowest BCUT2D eigenvalue weighted by molar-refractivity contribution is -0.118. The SMILES string of the molecule is CSc1ccc(NC(=O)COc2ccccc2F)cc1. The van der Waals surface area contributed by atoms with Crippen molar-refractivity contribution in [2.75, 3.05) is 18.2 Å². The Morgan fingerprint density at radius 2 is 1.90 bits per heavy atom. The molecule has 0 heterocycles. The molecule has 0 aliphatic heterocycles. The van der Waals surface area contributed by atoms with Crippen molar-refractivity contribution in [3.8, 4) is 5.75 Å². The van der Waals surface area contributed by atoms with Crippen molar-refractivity contribution >= 4 is 23.4 Å². The molecule has 0 aliphatic carbocycles. The molecular weight excluding hydrogens is 277 g/mol. The van der Waals surface area contributed by atoms with E-state index in [-0.39, 0.29) is 18.3 Å². The highest BCUT2D eigenvalue weighted by molar-refractivity contribution is 7.98. The first kappa shape index (κ1) is 14.4. The predicted octanol–water partition coefficient (Wildman–Crippen LogP) is 3.57. The van der Waals surface area contributed by atoms with E-state index < -0.39 is 5.82 Å². The molecule has 0 aliphatic rings. The average Bonchev–Trinajstić information content (AvgIpc) is 2.47. The molecule has 5 heteroatoms. The smallest absolute Gasteiger partial charge is 0.262 e. The number of anilines is 1. The maximum atomic E-state index is 13.3. The van der Waals surface area contributed by atoms with Crippen LogP contribution >= 0.6 is 11.8 Å². The summed E-state index contributed by atoms with van der Waals surface area (Å²) in [5, 5.41) is 2.69. The van der Waals surface area contributed by atoms with Crippen LogP contribution in [0.15, 0.2) is 53.4 Å². The Hall–Kier alpha value is -2.01. The Bertz CT molecular complexity index is 587. The van der Waals surface area contributed by atoms with Crippen LogP contribution in [0, 0.1) is 5.82 Å². The Morgan fingerprint density at radius 1 is 1.20 bits per heavy atom. The number of para-hydroxylation sites is 1. The number of amides is 1. The van der Waals surface area contributed by atoms with Crippen LogP contribution in [-0.2, 0) is 4.79 Å². The van der Waals surface area contributed by atoms with Crippen molar-refractivity contribution in [3.05, 3.63) is 54.3 Å². The summed E-state index contributed by atoms with van der Waals surface area (Å²) in [5.74, 6) is -0.741. The summed E-state index contributed by atoms with van der Waals surface area (Å²) in [6.45, 7) is -0.231. The topological polar surface area (TPSA) is 38.3 Å². The van der Waals surface area contributed by atoms with E-state index in [1.54, 1.807) is 23.9 Å². The summed E-state index contributed by atoms with van der Waals surface area (Å²) < 4.78 is 18.4. The van der Waals surface area contributed by atoms with Gasteiger partial charge in [-0.05, 0) is 42.7 Å². The predicted molar refractivity (Wildman–Crippen MR) is 78.7 cm³/mol. The summed E-state index contributed by atoms with van der Waals surface area (Å²) in [6, 6.07) is 13.4. The number of benzene rings is 2. The second-order valence-electron chi connectivity index (χ2n) is 4.00. The largest absolute Gasteiger partial charge is 0.481 e. The van der Waals surface area contributed by atoms with Crippen LogP contribution in [-0.4, -0.2) is 18.8 Å². The highest BCUT2D eigenvalue weighted by Crippen LogP contribution is 2.18. The fraction of sp³-hybridized carbons (Fsp3) is 0.133. The summed E-state index contributed by atoms with van der Waals surface area (Å²) in [4.78, 5) is 12.8. The zero-order valence-electron chi connectivity index (χ0n) is 10.9. The molecule has 20 heavy (non-hydrogen) atoms. The molecule has 0 aromatic heterocycles. The molecule has 3 nitrogen and oxygen atoms in total. The Kier molecular flexibility index (Phi) is 5.01. The van der Waals surface area contributed by atoms with Gasteiger partial charge < -0.3 is 10.1 Å². The van der Waals surface area contributed by atoms with Gasteiger partial charge in [0.05, 0.1) is 0 Å². The number of rotatable bonds is 5. The fourth-order valence-electron chi connectivity index (χ4n) is 1.58. The molecule has 2 aromatic rings. The van der Waals surface area contributed by atoms with Crippen LogP contribution in [0.25, 0.3) is 0 Å². The van der Waals surface area contributed by atoms with Gasteiger partial charge in [0, 0.05) is 10.6 Å². The van der Waals surface area contributed by atoms with E-state index in [0.717, 1.165) is 4.90 Å². The van der Waals surface area contributed by atoms with E-state index in [1.165, 1.54) is 12.1 Å². The molecule has 1 amide bonds. The zero-order valence-corrected chi connectivity index (χ0v) is 11.7. The van der Waals surface area contributed by atoms with Gasteiger partial charge in [-0.15, -0.1) is 11.8 Å². The summed E-state index contributed by atoms with van der Waals surface area (Å²) >= 11 is 1.63. The van der Waals surface area contributed by atoms with Crippen molar-refractivity contribution < 1.29 is 13.9 Å². The molecule has 0 atom stereocenters. The Balaban J connectivity index is 1.87. The maximum Gasteiger partial charge on any atom is 0.262 e. The second kappa shape index (κ2) is 6.96. The summed E-state index contributed by atoms with van der Waals surface area (Å²) in [6.07, 6.45) is 1.98. The second-order valence-corrected chi connectivity index (χ2v) is 4.88. The van der Waals surface area contributed by atoms with E-state index in [4.69, 9.17) is 4.74 Å². The van der Waals surface area contributed by atoms with Gasteiger partial charge in [0.1, 0.15) is 0 Å². The third kappa shape index (κ3) is 3.99. The van der Waals surface area contributed by atoms with E-state index in [0.29, 0.717) is 5.69 Å². The summed E-state index contributed by atoms with van der Waals surface area (Å²) in [5.41, 5.74) is 0.685. The third-order valence-corrected chi connectivity index (χ3v) is 3.31. The molecule has 2 rings (SSSR count). The lowest BCUT2D eigenvalue weighted by atomic mass is 10.3. The first-order valence-electron chi connectivity index (χ1n) is 6.00. The minimum Gasteiger partial charge on any atom is -0.481 e. The first-order chi connectivity index (χ1) is 9.69.